The highest BCUT2D eigenvalue weighted by Crippen LogP contribution is 2.22. The molecule has 3 heterocycles. The molecule has 0 bridgehead atoms. The van der Waals surface area contributed by atoms with Crippen LogP contribution in [0.1, 0.15) is 32.1 Å². The van der Waals surface area contributed by atoms with Gasteiger partial charge in [-0.1, -0.05) is 0 Å². The summed E-state index contributed by atoms with van der Waals surface area (Å²) in [5.41, 5.74) is 0. The molecule has 0 aromatic carbocycles. The largest absolute Gasteiger partial charge is 0.343 e. The van der Waals surface area contributed by atoms with Crippen molar-refractivity contribution in [2.24, 2.45) is 5.92 Å². The van der Waals surface area contributed by atoms with Crippen molar-refractivity contribution in [3.05, 3.63) is 18.5 Å². The highest BCUT2D eigenvalue weighted by Gasteiger charge is 2.30. The number of aromatic nitrogens is 2. The van der Waals surface area contributed by atoms with Gasteiger partial charge in [0.15, 0.2) is 0 Å². The van der Waals surface area contributed by atoms with Crippen molar-refractivity contribution in [1.29, 1.82) is 0 Å². The number of hydrogen-bond donors (Lipinski definition) is 2. The van der Waals surface area contributed by atoms with Crippen molar-refractivity contribution in [1.82, 2.24) is 25.3 Å². The van der Waals surface area contributed by atoms with Crippen LogP contribution in [-0.4, -0.2) is 51.7 Å². The van der Waals surface area contributed by atoms with E-state index in [1.165, 1.54) is 0 Å². The first-order chi connectivity index (χ1) is 11.6. The third-order valence-electron chi connectivity index (χ3n) is 4.80. The fourth-order valence-corrected chi connectivity index (χ4v) is 3.31. The highest BCUT2D eigenvalue weighted by molar-refractivity contribution is 6.04. The molecular formula is C16H23N5O3. The molecule has 2 N–H and O–H groups in total. The van der Waals surface area contributed by atoms with E-state index >= 15 is 0 Å². The van der Waals surface area contributed by atoms with Gasteiger partial charge >= 0.3 is 6.03 Å². The average molecular weight is 333 g/mol. The number of piperidine rings is 1. The number of rotatable bonds is 6. The van der Waals surface area contributed by atoms with Crippen LogP contribution in [0.3, 0.4) is 0 Å². The zero-order chi connectivity index (χ0) is 16.9. The summed E-state index contributed by atoms with van der Waals surface area (Å²) in [5, 5.41) is 8.91. The maximum Gasteiger partial charge on any atom is 0.322 e. The van der Waals surface area contributed by atoms with Gasteiger partial charge in [0.2, 0.25) is 5.91 Å². The molecule has 0 unspecified atom stereocenters. The standard InChI is InChI=1S/C16H23N5O3/c22-14(3-2-13-15(23)19-16(24)18-13)20-9-4-12(5-10-20)6-11-21-8-1-7-17-21/h1,7-8,12-13H,2-6,9-11H2,(H2,18,19,23,24)/t13-/m0/s1. The molecule has 0 radical (unpaired) electrons. The number of carbonyl (C=O) groups is 3. The third-order valence-corrected chi connectivity index (χ3v) is 4.80. The lowest BCUT2D eigenvalue weighted by atomic mass is 9.93. The monoisotopic (exact) mass is 333 g/mol. The molecule has 2 saturated heterocycles. The van der Waals surface area contributed by atoms with Crippen LogP contribution in [0, 0.1) is 5.92 Å². The highest BCUT2D eigenvalue weighted by atomic mass is 16.2. The van der Waals surface area contributed by atoms with E-state index in [0.717, 1.165) is 38.9 Å². The van der Waals surface area contributed by atoms with Gasteiger partial charge in [-0.15, -0.1) is 0 Å². The Labute approximate surface area is 140 Å². The van der Waals surface area contributed by atoms with Crippen LogP contribution >= 0.6 is 0 Å². The summed E-state index contributed by atoms with van der Waals surface area (Å²) in [5.74, 6) is 0.345. The molecule has 2 fully saturated rings. The Bertz CT molecular complexity index is 593. The van der Waals surface area contributed by atoms with Gasteiger partial charge in [0, 0.05) is 38.4 Å². The number of carbonyl (C=O) groups excluding carboxylic acids is 3. The summed E-state index contributed by atoms with van der Waals surface area (Å²) in [6.45, 7) is 2.46. The van der Waals surface area contributed by atoms with Gasteiger partial charge in [0.25, 0.3) is 5.91 Å². The van der Waals surface area contributed by atoms with Crippen molar-refractivity contribution in [3.8, 4) is 0 Å². The topological polar surface area (TPSA) is 96.3 Å². The van der Waals surface area contributed by atoms with Crippen LogP contribution in [0.5, 0.6) is 0 Å². The van der Waals surface area contributed by atoms with Crippen LogP contribution in [0.25, 0.3) is 0 Å². The van der Waals surface area contributed by atoms with Gasteiger partial charge in [0.05, 0.1) is 0 Å². The summed E-state index contributed by atoms with van der Waals surface area (Å²) in [6.07, 6.45) is 7.50. The van der Waals surface area contributed by atoms with Crippen molar-refractivity contribution in [2.45, 2.75) is 44.7 Å². The number of amides is 4. The molecule has 2 aliphatic rings. The number of nitrogens with zero attached hydrogens (tertiary/aromatic N) is 3. The molecule has 1 aromatic heterocycles. The van der Waals surface area contributed by atoms with Crippen LogP contribution < -0.4 is 10.6 Å². The summed E-state index contributed by atoms with van der Waals surface area (Å²) in [7, 11) is 0. The minimum absolute atomic E-state index is 0.0643. The average Bonchev–Trinajstić information content (AvgIpc) is 3.20. The SMILES string of the molecule is O=C1NC(=O)[C@H](CCC(=O)N2CCC(CCn3cccn3)CC2)N1. The number of nitrogens with one attached hydrogen (secondary N) is 2. The first kappa shape index (κ1) is 16.5. The van der Waals surface area contributed by atoms with E-state index < -0.39 is 12.1 Å². The fourth-order valence-electron chi connectivity index (χ4n) is 3.31. The van der Waals surface area contributed by atoms with Gasteiger partial charge in [-0.25, -0.2) is 4.79 Å². The lowest BCUT2D eigenvalue weighted by Gasteiger charge is -2.32. The Morgan fingerprint density at radius 1 is 1.25 bits per heavy atom. The Hall–Kier alpha value is -2.38. The van der Waals surface area contributed by atoms with E-state index in [0.29, 0.717) is 12.3 Å². The maximum atomic E-state index is 12.3. The Kier molecular flexibility index (Phi) is 5.12. The number of imide groups is 1. The van der Waals surface area contributed by atoms with E-state index in [4.69, 9.17) is 0 Å². The maximum absolute atomic E-state index is 12.3. The molecule has 8 nitrogen and oxygen atoms in total. The smallest absolute Gasteiger partial charge is 0.322 e. The first-order valence-electron chi connectivity index (χ1n) is 8.48. The molecule has 4 amide bonds. The van der Waals surface area contributed by atoms with Crippen molar-refractivity contribution in [2.75, 3.05) is 13.1 Å². The Balaban J connectivity index is 1.35. The lowest BCUT2D eigenvalue weighted by molar-refractivity contribution is -0.132. The van der Waals surface area contributed by atoms with Crippen LogP contribution in [0.15, 0.2) is 18.5 Å². The van der Waals surface area contributed by atoms with E-state index in [2.05, 4.69) is 15.7 Å². The molecule has 1 atom stereocenters. The summed E-state index contributed by atoms with van der Waals surface area (Å²) in [4.78, 5) is 36.6. The zero-order valence-electron chi connectivity index (χ0n) is 13.6. The molecule has 1 aromatic rings. The van der Waals surface area contributed by atoms with E-state index in [9.17, 15) is 14.4 Å². The zero-order valence-corrected chi connectivity index (χ0v) is 13.6. The first-order valence-corrected chi connectivity index (χ1v) is 8.48. The molecule has 24 heavy (non-hydrogen) atoms. The molecule has 130 valence electrons. The van der Waals surface area contributed by atoms with Gasteiger partial charge in [-0.05, 0) is 37.7 Å². The van der Waals surface area contributed by atoms with Gasteiger partial charge in [0.1, 0.15) is 6.04 Å². The summed E-state index contributed by atoms with van der Waals surface area (Å²) < 4.78 is 1.94. The summed E-state index contributed by atoms with van der Waals surface area (Å²) in [6, 6.07) is 0.873. The van der Waals surface area contributed by atoms with Crippen molar-refractivity contribution < 1.29 is 14.4 Å². The van der Waals surface area contributed by atoms with Crippen LogP contribution in [0.4, 0.5) is 4.79 Å². The molecule has 2 aliphatic heterocycles. The molecule has 0 spiro atoms. The van der Waals surface area contributed by atoms with Gasteiger partial charge in [-0.3, -0.25) is 19.6 Å². The molecule has 0 aliphatic carbocycles. The van der Waals surface area contributed by atoms with Gasteiger partial charge < -0.3 is 10.2 Å². The normalized spacial score (nSPS) is 21.7. The molecule has 3 rings (SSSR count). The van der Waals surface area contributed by atoms with E-state index in [-0.39, 0.29) is 18.2 Å². The molecular weight excluding hydrogens is 310 g/mol. The minimum atomic E-state index is -0.576. The lowest BCUT2D eigenvalue weighted by Crippen LogP contribution is -2.39. The number of urea groups is 1. The second-order valence-electron chi connectivity index (χ2n) is 6.44. The number of likely N-dealkylation sites (tertiary alicyclic amines) is 1. The Morgan fingerprint density at radius 2 is 2.04 bits per heavy atom. The van der Waals surface area contributed by atoms with Crippen molar-refractivity contribution >= 4 is 17.8 Å². The van der Waals surface area contributed by atoms with E-state index in [1.54, 1.807) is 6.20 Å². The second-order valence-corrected chi connectivity index (χ2v) is 6.44. The van der Waals surface area contributed by atoms with Crippen LogP contribution in [0.2, 0.25) is 0 Å². The summed E-state index contributed by atoms with van der Waals surface area (Å²) >= 11 is 0. The fraction of sp³-hybridized carbons (Fsp3) is 0.625. The minimum Gasteiger partial charge on any atom is -0.343 e. The third kappa shape index (κ3) is 4.12. The van der Waals surface area contributed by atoms with Crippen LogP contribution in [-0.2, 0) is 16.1 Å². The number of hydrogen-bond acceptors (Lipinski definition) is 4. The quantitative estimate of drug-likeness (QED) is 0.741. The van der Waals surface area contributed by atoms with Crippen molar-refractivity contribution in [3.63, 3.8) is 0 Å². The predicted octanol–water partition coefficient (Wildman–Crippen LogP) is 0.500. The number of aryl methyl sites for hydroxylation is 1. The molecule has 8 heteroatoms. The van der Waals surface area contributed by atoms with E-state index in [1.807, 2.05) is 21.8 Å². The second kappa shape index (κ2) is 7.46. The predicted molar refractivity (Wildman–Crippen MR) is 85.8 cm³/mol. The van der Waals surface area contributed by atoms with Gasteiger partial charge in [-0.2, -0.15) is 5.10 Å². The Morgan fingerprint density at radius 3 is 2.67 bits per heavy atom. The molecule has 0 saturated carbocycles.